The van der Waals surface area contributed by atoms with E-state index in [9.17, 15) is 9.59 Å². The Bertz CT molecular complexity index is 834. The Labute approximate surface area is 175 Å². The van der Waals surface area contributed by atoms with Gasteiger partial charge in [-0.1, -0.05) is 43.7 Å². The molecule has 1 aromatic heterocycles. The van der Waals surface area contributed by atoms with E-state index in [2.05, 4.69) is 19.2 Å². The lowest BCUT2D eigenvalue weighted by atomic mass is 9.83. The highest BCUT2D eigenvalue weighted by Crippen LogP contribution is 2.26. The van der Waals surface area contributed by atoms with Gasteiger partial charge in [0.05, 0.1) is 5.41 Å². The van der Waals surface area contributed by atoms with E-state index in [1.54, 1.807) is 4.90 Å². The molecule has 1 heterocycles. The van der Waals surface area contributed by atoms with Crippen LogP contribution in [0.5, 0.6) is 0 Å². The number of carbonyl (C=O) groups is 2. The minimum atomic E-state index is -0.595. The molecule has 1 aromatic carbocycles. The van der Waals surface area contributed by atoms with E-state index in [1.807, 2.05) is 82.0 Å². The van der Waals surface area contributed by atoms with Crippen molar-refractivity contribution in [1.29, 1.82) is 0 Å². The van der Waals surface area contributed by atoms with Crippen molar-refractivity contribution in [3.05, 3.63) is 59.4 Å². The fraction of sp³-hybridized carbons (Fsp3) is 0.500. The predicted octanol–water partition coefficient (Wildman–Crippen LogP) is 3.91. The van der Waals surface area contributed by atoms with Crippen molar-refractivity contribution in [2.45, 2.75) is 52.5 Å². The summed E-state index contributed by atoms with van der Waals surface area (Å²) >= 11 is 0. The van der Waals surface area contributed by atoms with E-state index in [-0.39, 0.29) is 23.8 Å². The molecule has 0 aliphatic heterocycles. The van der Waals surface area contributed by atoms with E-state index >= 15 is 0 Å². The van der Waals surface area contributed by atoms with Crippen molar-refractivity contribution in [1.82, 2.24) is 14.8 Å². The van der Waals surface area contributed by atoms with Crippen LogP contribution in [0.25, 0.3) is 0 Å². The van der Waals surface area contributed by atoms with Gasteiger partial charge in [-0.05, 0) is 50.8 Å². The fourth-order valence-corrected chi connectivity index (χ4v) is 3.52. The average molecular weight is 398 g/mol. The number of aromatic nitrogens is 1. The third kappa shape index (κ3) is 5.49. The topological polar surface area (TPSA) is 54.3 Å². The highest BCUT2D eigenvalue weighted by molar-refractivity contribution is 5.93. The maximum absolute atomic E-state index is 13.1. The molecule has 2 amide bonds. The molecule has 2 aromatic rings. The second kappa shape index (κ2) is 9.29. The van der Waals surface area contributed by atoms with Gasteiger partial charge >= 0.3 is 0 Å². The molecule has 0 radical (unpaired) electrons. The van der Waals surface area contributed by atoms with E-state index in [1.165, 1.54) is 5.56 Å². The van der Waals surface area contributed by atoms with Crippen LogP contribution in [-0.4, -0.2) is 40.9 Å². The van der Waals surface area contributed by atoms with Crippen LogP contribution >= 0.6 is 0 Å². The SMILES string of the molecule is Cc1ccc(C(C)(C)C(=O)N(C)CCC(NC(=O)c2cccn2C)C(C)C)cc1. The predicted molar refractivity (Wildman–Crippen MR) is 118 cm³/mol. The average Bonchev–Trinajstić information content (AvgIpc) is 3.10. The van der Waals surface area contributed by atoms with Crippen molar-refractivity contribution in [3.63, 3.8) is 0 Å². The summed E-state index contributed by atoms with van der Waals surface area (Å²) < 4.78 is 1.81. The van der Waals surface area contributed by atoms with Gasteiger partial charge in [0, 0.05) is 32.9 Å². The van der Waals surface area contributed by atoms with E-state index in [4.69, 9.17) is 0 Å². The van der Waals surface area contributed by atoms with Crippen LogP contribution in [0.3, 0.4) is 0 Å². The minimum absolute atomic E-state index is 0.00450. The second-order valence-corrected chi connectivity index (χ2v) is 8.83. The van der Waals surface area contributed by atoms with Crippen molar-refractivity contribution in [3.8, 4) is 0 Å². The zero-order valence-electron chi connectivity index (χ0n) is 18.8. The van der Waals surface area contributed by atoms with Gasteiger partial charge in [-0.25, -0.2) is 0 Å². The number of amides is 2. The number of hydrogen-bond donors (Lipinski definition) is 1. The van der Waals surface area contributed by atoms with Gasteiger partial charge in [0.1, 0.15) is 5.69 Å². The summed E-state index contributed by atoms with van der Waals surface area (Å²) in [5, 5.41) is 3.13. The molecule has 1 unspecified atom stereocenters. The molecule has 2 rings (SSSR count). The summed E-state index contributed by atoms with van der Waals surface area (Å²) in [7, 11) is 3.70. The molecule has 0 fully saturated rings. The standard InChI is InChI=1S/C24H35N3O2/c1-17(2)20(25-22(28)21-9-8-15-26(21)6)14-16-27(7)23(29)24(4,5)19-12-10-18(3)11-13-19/h8-13,15,17,20H,14,16H2,1-7H3,(H,25,28). The summed E-state index contributed by atoms with van der Waals surface area (Å²) in [5.74, 6) is 0.274. The first-order chi connectivity index (χ1) is 13.5. The molecule has 0 bridgehead atoms. The minimum Gasteiger partial charge on any atom is -0.348 e. The third-order valence-electron chi connectivity index (χ3n) is 5.73. The maximum atomic E-state index is 13.1. The third-order valence-corrected chi connectivity index (χ3v) is 5.73. The zero-order valence-corrected chi connectivity index (χ0v) is 18.8. The lowest BCUT2D eigenvalue weighted by Gasteiger charge is -2.31. The molecule has 0 aliphatic carbocycles. The molecule has 0 saturated carbocycles. The van der Waals surface area contributed by atoms with Gasteiger partial charge < -0.3 is 14.8 Å². The Hall–Kier alpha value is -2.56. The summed E-state index contributed by atoms with van der Waals surface area (Å²) in [6, 6.07) is 11.8. The number of rotatable bonds is 8. The molecule has 0 saturated heterocycles. The van der Waals surface area contributed by atoms with Crippen LogP contribution in [0.15, 0.2) is 42.6 Å². The number of likely N-dealkylation sites (N-methyl/N-ethyl adjacent to an activating group) is 1. The Kier molecular flexibility index (Phi) is 7.28. The van der Waals surface area contributed by atoms with Crippen molar-refractivity contribution in [2.75, 3.05) is 13.6 Å². The van der Waals surface area contributed by atoms with Gasteiger partial charge in [0.2, 0.25) is 5.91 Å². The van der Waals surface area contributed by atoms with E-state index in [0.717, 1.165) is 5.56 Å². The van der Waals surface area contributed by atoms with Crippen LogP contribution in [0.4, 0.5) is 0 Å². The lowest BCUT2D eigenvalue weighted by molar-refractivity contribution is -0.135. The number of nitrogens with one attached hydrogen (secondary N) is 1. The molecule has 0 aliphatic rings. The number of benzene rings is 1. The first-order valence-corrected chi connectivity index (χ1v) is 10.3. The Morgan fingerprint density at radius 2 is 1.76 bits per heavy atom. The van der Waals surface area contributed by atoms with Crippen molar-refractivity contribution >= 4 is 11.8 Å². The number of nitrogens with zero attached hydrogens (tertiary/aromatic N) is 2. The second-order valence-electron chi connectivity index (χ2n) is 8.83. The van der Waals surface area contributed by atoms with Crippen LogP contribution in [0.1, 0.15) is 55.7 Å². The van der Waals surface area contributed by atoms with Crippen LogP contribution in [-0.2, 0) is 17.3 Å². The molecule has 5 heteroatoms. The van der Waals surface area contributed by atoms with E-state index < -0.39 is 5.41 Å². The summed E-state index contributed by atoms with van der Waals surface area (Å²) in [4.78, 5) is 27.5. The number of carbonyl (C=O) groups excluding carboxylic acids is 2. The summed E-state index contributed by atoms with van der Waals surface area (Å²) in [6.07, 6.45) is 2.57. The fourth-order valence-electron chi connectivity index (χ4n) is 3.52. The molecule has 158 valence electrons. The van der Waals surface area contributed by atoms with Crippen LogP contribution in [0.2, 0.25) is 0 Å². The molecular weight excluding hydrogens is 362 g/mol. The monoisotopic (exact) mass is 397 g/mol. The molecule has 1 N–H and O–H groups in total. The van der Waals surface area contributed by atoms with Crippen LogP contribution in [0, 0.1) is 12.8 Å². The largest absolute Gasteiger partial charge is 0.348 e. The smallest absolute Gasteiger partial charge is 0.268 e. The molecule has 29 heavy (non-hydrogen) atoms. The molecule has 5 nitrogen and oxygen atoms in total. The van der Waals surface area contributed by atoms with Gasteiger partial charge in [0.25, 0.3) is 5.91 Å². The van der Waals surface area contributed by atoms with Crippen molar-refractivity contribution < 1.29 is 9.59 Å². The van der Waals surface area contributed by atoms with Crippen molar-refractivity contribution in [2.24, 2.45) is 13.0 Å². The van der Waals surface area contributed by atoms with Gasteiger partial charge in [-0.3, -0.25) is 9.59 Å². The highest BCUT2D eigenvalue weighted by atomic mass is 16.2. The normalized spacial score (nSPS) is 12.7. The molecule has 1 atom stereocenters. The van der Waals surface area contributed by atoms with Gasteiger partial charge in [-0.15, -0.1) is 0 Å². The first kappa shape index (κ1) is 22.7. The number of hydrogen-bond acceptors (Lipinski definition) is 2. The Balaban J connectivity index is 2.01. The molecular formula is C24H35N3O2. The lowest BCUT2D eigenvalue weighted by Crippen LogP contribution is -2.45. The Morgan fingerprint density at radius 1 is 1.14 bits per heavy atom. The molecule has 0 spiro atoms. The van der Waals surface area contributed by atoms with E-state index in [0.29, 0.717) is 18.7 Å². The quantitative estimate of drug-likeness (QED) is 0.734. The summed E-state index contributed by atoms with van der Waals surface area (Å²) in [6.45, 7) is 10.7. The summed E-state index contributed by atoms with van der Waals surface area (Å²) in [5.41, 5.74) is 2.24. The first-order valence-electron chi connectivity index (χ1n) is 10.3. The van der Waals surface area contributed by atoms with Gasteiger partial charge in [0.15, 0.2) is 0 Å². The van der Waals surface area contributed by atoms with Gasteiger partial charge in [-0.2, -0.15) is 0 Å². The highest BCUT2D eigenvalue weighted by Gasteiger charge is 2.32. The Morgan fingerprint density at radius 3 is 2.28 bits per heavy atom. The number of aryl methyl sites for hydroxylation is 2. The maximum Gasteiger partial charge on any atom is 0.268 e. The van der Waals surface area contributed by atoms with Crippen LogP contribution < -0.4 is 5.32 Å². The zero-order chi connectivity index (χ0) is 21.8.